The van der Waals surface area contributed by atoms with Gasteiger partial charge in [-0.05, 0) is 43.4 Å². The summed E-state index contributed by atoms with van der Waals surface area (Å²) in [5, 5.41) is 12.0. The van der Waals surface area contributed by atoms with Crippen LogP contribution in [0.15, 0.2) is 33.9 Å². The number of sulfone groups is 1. The summed E-state index contributed by atoms with van der Waals surface area (Å²) in [5.74, 6) is -0.571. The number of amides is 1. The molecule has 0 radical (unpaired) electrons. The molecular weight excluding hydrogens is 370 g/mol. The highest BCUT2D eigenvalue weighted by atomic mass is 32.2. The van der Waals surface area contributed by atoms with E-state index in [0.717, 1.165) is 24.8 Å². The number of aromatic amines is 1. The molecule has 2 aromatic heterocycles. The monoisotopic (exact) mass is 387 g/mol. The highest BCUT2D eigenvalue weighted by Crippen LogP contribution is 2.26. The number of carbonyl (C=O) groups is 1. The Morgan fingerprint density at radius 3 is 2.85 bits per heavy atom. The van der Waals surface area contributed by atoms with E-state index in [0.29, 0.717) is 5.76 Å². The van der Waals surface area contributed by atoms with Crippen molar-refractivity contribution in [3.63, 3.8) is 0 Å². The Balaban J connectivity index is 1.50. The number of hydrogen-bond donors (Lipinski definition) is 2. The number of hydrogen-bond acceptors (Lipinski definition) is 7. The smallest absolute Gasteiger partial charge is 0.244 e. The van der Waals surface area contributed by atoms with Crippen molar-refractivity contribution < 1.29 is 17.7 Å². The molecule has 0 aliphatic heterocycles. The Kier molecular flexibility index (Phi) is 4.27. The summed E-state index contributed by atoms with van der Waals surface area (Å²) in [5.41, 5.74) is 3.29. The maximum Gasteiger partial charge on any atom is 0.244 e. The van der Waals surface area contributed by atoms with Gasteiger partial charge in [-0.3, -0.25) is 4.79 Å². The Hall–Kier alpha value is -3.01. The van der Waals surface area contributed by atoms with Gasteiger partial charge in [-0.15, -0.1) is 0 Å². The first-order valence-corrected chi connectivity index (χ1v) is 10.1. The predicted molar refractivity (Wildman–Crippen MR) is 95.8 cm³/mol. The van der Waals surface area contributed by atoms with E-state index in [1.807, 2.05) is 18.2 Å². The third-order valence-corrected chi connectivity index (χ3v) is 5.75. The Labute approximate surface area is 155 Å². The first-order chi connectivity index (χ1) is 12.9. The topological polar surface area (TPSA) is 131 Å². The van der Waals surface area contributed by atoms with Crippen molar-refractivity contribution in [2.45, 2.75) is 31.3 Å². The van der Waals surface area contributed by atoms with Gasteiger partial charge in [-0.1, -0.05) is 17.3 Å². The van der Waals surface area contributed by atoms with Crippen LogP contribution in [-0.4, -0.2) is 40.4 Å². The molecule has 2 N–H and O–H groups in total. The summed E-state index contributed by atoms with van der Waals surface area (Å²) in [4.78, 5) is 16.1. The third-order valence-electron chi connectivity index (χ3n) is 4.33. The summed E-state index contributed by atoms with van der Waals surface area (Å²) < 4.78 is 29.7. The lowest BCUT2D eigenvalue weighted by molar-refractivity contribution is -0.113. The van der Waals surface area contributed by atoms with Crippen LogP contribution in [0.5, 0.6) is 0 Å². The molecule has 0 atom stereocenters. The second kappa shape index (κ2) is 6.62. The normalized spacial score (nSPS) is 13.5. The van der Waals surface area contributed by atoms with Crippen LogP contribution in [0, 0.1) is 6.92 Å². The van der Waals surface area contributed by atoms with E-state index in [2.05, 4.69) is 25.7 Å². The lowest BCUT2D eigenvalue weighted by Gasteiger charge is -2.01. The predicted octanol–water partition coefficient (Wildman–Crippen LogP) is 1.67. The molecule has 0 bridgehead atoms. The fourth-order valence-electron chi connectivity index (χ4n) is 3.07. The number of rotatable bonds is 5. The fourth-order valence-corrected chi connectivity index (χ4v) is 4.04. The van der Waals surface area contributed by atoms with Gasteiger partial charge < -0.3 is 9.84 Å². The Morgan fingerprint density at radius 2 is 2.07 bits per heavy atom. The van der Waals surface area contributed by atoms with E-state index < -0.39 is 21.5 Å². The van der Waals surface area contributed by atoms with Crippen LogP contribution in [0.3, 0.4) is 0 Å². The van der Waals surface area contributed by atoms with Crippen molar-refractivity contribution >= 4 is 21.6 Å². The fraction of sp³-hybridized carbons (Fsp3) is 0.294. The highest BCUT2D eigenvalue weighted by molar-refractivity contribution is 7.92. The maximum atomic E-state index is 12.4. The standard InChI is InChI=1S/C17H17N5O4S/c1-10-7-14(22-26-10)18-15(23)9-27(24,25)17-19-16(20-21-17)13-6-5-11-3-2-4-12(11)8-13/h5-8H,2-4,9H2,1H3,(H,18,22,23)(H,19,20,21). The molecule has 9 nitrogen and oxygen atoms in total. The van der Waals surface area contributed by atoms with Crippen molar-refractivity contribution in [2.24, 2.45) is 0 Å². The third kappa shape index (κ3) is 3.61. The molecule has 0 saturated carbocycles. The first kappa shape index (κ1) is 17.4. The minimum atomic E-state index is -3.97. The number of nitrogens with zero attached hydrogens (tertiary/aromatic N) is 3. The second-order valence-corrected chi connectivity index (χ2v) is 8.34. The number of carbonyl (C=O) groups excluding carboxylic acids is 1. The summed E-state index contributed by atoms with van der Waals surface area (Å²) in [7, 11) is -3.97. The van der Waals surface area contributed by atoms with E-state index in [4.69, 9.17) is 4.52 Å². The Morgan fingerprint density at radius 1 is 1.26 bits per heavy atom. The molecule has 0 fully saturated rings. The molecule has 0 saturated heterocycles. The van der Waals surface area contributed by atoms with Crippen LogP contribution in [0.25, 0.3) is 11.4 Å². The largest absolute Gasteiger partial charge is 0.360 e. The van der Waals surface area contributed by atoms with Gasteiger partial charge in [-0.25, -0.2) is 13.5 Å². The van der Waals surface area contributed by atoms with Crippen LogP contribution in [0.4, 0.5) is 5.82 Å². The molecule has 1 aliphatic carbocycles. The summed E-state index contributed by atoms with van der Waals surface area (Å²) in [6.45, 7) is 1.66. The van der Waals surface area contributed by atoms with Gasteiger partial charge in [-0.2, -0.15) is 10.1 Å². The van der Waals surface area contributed by atoms with Gasteiger partial charge in [0.15, 0.2) is 11.6 Å². The summed E-state index contributed by atoms with van der Waals surface area (Å²) in [6.07, 6.45) is 3.18. The van der Waals surface area contributed by atoms with E-state index in [-0.39, 0.29) is 16.8 Å². The van der Waals surface area contributed by atoms with Crippen LogP contribution in [0.1, 0.15) is 23.3 Å². The second-order valence-electron chi connectivity index (χ2n) is 6.43. The van der Waals surface area contributed by atoms with Crippen molar-refractivity contribution in [3.8, 4) is 11.4 Å². The summed E-state index contributed by atoms with van der Waals surface area (Å²) in [6, 6.07) is 7.38. The average Bonchev–Trinajstić information content (AvgIpc) is 3.33. The van der Waals surface area contributed by atoms with Crippen LogP contribution < -0.4 is 5.32 Å². The van der Waals surface area contributed by atoms with E-state index in [1.54, 1.807) is 6.92 Å². The van der Waals surface area contributed by atoms with Crippen LogP contribution in [-0.2, 0) is 27.5 Å². The number of fused-ring (bicyclic) bond motifs is 1. The SMILES string of the molecule is Cc1cc(NC(=O)CS(=O)(=O)c2nc(-c3ccc4c(c3)CCC4)n[nH]2)no1. The molecule has 4 rings (SSSR count). The number of anilines is 1. The molecule has 27 heavy (non-hydrogen) atoms. The lowest BCUT2D eigenvalue weighted by atomic mass is 10.1. The van der Waals surface area contributed by atoms with Gasteiger partial charge in [0.1, 0.15) is 11.5 Å². The molecule has 10 heteroatoms. The lowest BCUT2D eigenvalue weighted by Crippen LogP contribution is -2.23. The van der Waals surface area contributed by atoms with Crippen LogP contribution >= 0.6 is 0 Å². The zero-order valence-electron chi connectivity index (χ0n) is 14.5. The number of benzene rings is 1. The molecule has 3 aromatic rings. The Bertz CT molecular complexity index is 1120. The van der Waals surface area contributed by atoms with Crippen molar-refractivity contribution in [1.29, 1.82) is 0 Å². The molecule has 0 spiro atoms. The number of aryl methyl sites for hydroxylation is 3. The zero-order chi connectivity index (χ0) is 19.0. The minimum Gasteiger partial charge on any atom is -0.360 e. The molecule has 140 valence electrons. The van der Waals surface area contributed by atoms with E-state index >= 15 is 0 Å². The van der Waals surface area contributed by atoms with Crippen molar-refractivity contribution in [1.82, 2.24) is 20.3 Å². The molecule has 2 heterocycles. The molecule has 1 aromatic carbocycles. The zero-order valence-corrected chi connectivity index (χ0v) is 15.3. The number of aromatic nitrogens is 4. The van der Waals surface area contributed by atoms with Gasteiger partial charge in [0.05, 0.1) is 0 Å². The molecule has 1 amide bonds. The summed E-state index contributed by atoms with van der Waals surface area (Å²) >= 11 is 0. The maximum absolute atomic E-state index is 12.4. The van der Waals surface area contributed by atoms with Crippen LogP contribution in [0.2, 0.25) is 0 Å². The number of nitrogens with one attached hydrogen (secondary N) is 2. The van der Waals surface area contributed by atoms with Crippen molar-refractivity contribution in [2.75, 3.05) is 11.1 Å². The molecule has 1 aliphatic rings. The van der Waals surface area contributed by atoms with E-state index in [1.165, 1.54) is 17.2 Å². The van der Waals surface area contributed by atoms with Crippen molar-refractivity contribution in [3.05, 3.63) is 41.2 Å². The first-order valence-electron chi connectivity index (χ1n) is 8.41. The number of H-pyrrole nitrogens is 1. The van der Waals surface area contributed by atoms with Gasteiger partial charge >= 0.3 is 0 Å². The highest BCUT2D eigenvalue weighted by Gasteiger charge is 2.25. The van der Waals surface area contributed by atoms with Gasteiger partial charge in [0.25, 0.3) is 0 Å². The van der Waals surface area contributed by atoms with Gasteiger partial charge in [0.2, 0.25) is 20.9 Å². The minimum absolute atomic E-state index is 0.157. The van der Waals surface area contributed by atoms with Gasteiger partial charge in [0, 0.05) is 11.6 Å². The van der Waals surface area contributed by atoms with E-state index in [9.17, 15) is 13.2 Å². The molecular formula is C17H17N5O4S. The quantitative estimate of drug-likeness (QED) is 0.681. The molecule has 0 unspecified atom stereocenters. The average molecular weight is 387 g/mol.